The molecule has 0 aromatic heterocycles. The predicted molar refractivity (Wildman–Crippen MR) is 92.5 cm³/mol. The van der Waals surface area contributed by atoms with Crippen molar-refractivity contribution in [3.63, 3.8) is 0 Å². The van der Waals surface area contributed by atoms with E-state index in [2.05, 4.69) is 14.2 Å². The topological polar surface area (TPSA) is 74.3 Å². The van der Waals surface area contributed by atoms with Crippen molar-refractivity contribution < 1.29 is 41.7 Å². The highest BCUT2D eigenvalue weighted by molar-refractivity contribution is 6.47. The van der Waals surface area contributed by atoms with Gasteiger partial charge in [-0.2, -0.15) is 0 Å². The highest BCUT2D eigenvalue weighted by atomic mass is 35.5. The first-order chi connectivity index (χ1) is 13.0. The number of rotatable bonds is 4. The monoisotopic (exact) mass is 463 g/mol. The van der Waals surface area contributed by atoms with Crippen molar-refractivity contribution >= 4 is 52.4 Å². The SMILES string of the molecule is COC(=O)C1=C(C(=O)OC)N(c2c(Cl)cc(OC(F)(F)F)c(Cl)c2Cl)COC1. The lowest BCUT2D eigenvalue weighted by atomic mass is 10.1. The maximum Gasteiger partial charge on any atom is 0.573 e. The van der Waals surface area contributed by atoms with Crippen LogP contribution in [-0.4, -0.2) is 45.9 Å². The van der Waals surface area contributed by atoms with Crippen LogP contribution in [0.25, 0.3) is 0 Å². The van der Waals surface area contributed by atoms with E-state index >= 15 is 0 Å². The van der Waals surface area contributed by atoms with Gasteiger partial charge < -0.3 is 23.8 Å². The lowest BCUT2D eigenvalue weighted by Gasteiger charge is -2.32. The number of alkyl halides is 3. The minimum absolute atomic E-state index is 0.190. The summed E-state index contributed by atoms with van der Waals surface area (Å²) in [4.78, 5) is 25.3. The first-order valence-corrected chi connectivity index (χ1v) is 8.33. The van der Waals surface area contributed by atoms with E-state index in [1.807, 2.05) is 0 Å². The van der Waals surface area contributed by atoms with Crippen molar-refractivity contribution in [2.45, 2.75) is 6.36 Å². The number of anilines is 1. The molecule has 0 amide bonds. The Hall–Kier alpha value is -1.88. The molecule has 1 heterocycles. The van der Waals surface area contributed by atoms with Crippen LogP contribution < -0.4 is 9.64 Å². The fraction of sp³-hybridized carbons (Fsp3) is 0.333. The van der Waals surface area contributed by atoms with E-state index in [1.54, 1.807) is 0 Å². The van der Waals surface area contributed by atoms with Crippen molar-refractivity contribution in [1.29, 1.82) is 0 Å². The van der Waals surface area contributed by atoms with Crippen LogP contribution in [0.3, 0.4) is 0 Å². The first kappa shape index (κ1) is 22.4. The van der Waals surface area contributed by atoms with Gasteiger partial charge in [0, 0.05) is 6.07 Å². The van der Waals surface area contributed by atoms with Crippen molar-refractivity contribution in [3.05, 3.63) is 32.4 Å². The summed E-state index contributed by atoms with van der Waals surface area (Å²) in [6, 6.07) is 0.764. The molecule has 1 aromatic carbocycles. The Morgan fingerprint density at radius 2 is 1.71 bits per heavy atom. The van der Waals surface area contributed by atoms with Crippen LogP contribution in [0.1, 0.15) is 0 Å². The van der Waals surface area contributed by atoms with Gasteiger partial charge in [0.05, 0.1) is 42.1 Å². The maximum atomic E-state index is 12.5. The number of carbonyl (C=O) groups is 2. The summed E-state index contributed by atoms with van der Waals surface area (Å²) in [7, 11) is 2.15. The quantitative estimate of drug-likeness (QED) is 0.494. The largest absolute Gasteiger partial charge is 0.573 e. The highest BCUT2D eigenvalue weighted by Gasteiger charge is 2.37. The van der Waals surface area contributed by atoms with E-state index in [9.17, 15) is 22.8 Å². The molecular weight excluding hydrogens is 454 g/mol. The van der Waals surface area contributed by atoms with Crippen LogP contribution in [0.5, 0.6) is 5.75 Å². The number of nitrogens with zero attached hydrogens (tertiary/aromatic N) is 1. The molecule has 7 nitrogen and oxygen atoms in total. The molecule has 2 rings (SSSR count). The Morgan fingerprint density at radius 3 is 2.25 bits per heavy atom. The summed E-state index contributed by atoms with van der Waals surface area (Å²) < 4.78 is 55.9. The fourth-order valence-electron chi connectivity index (χ4n) is 2.33. The Balaban J connectivity index is 2.66. The van der Waals surface area contributed by atoms with Crippen molar-refractivity contribution in [1.82, 2.24) is 0 Å². The van der Waals surface area contributed by atoms with E-state index in [0.29, 0.717) is 0 Å². The molecular formula is C15H11Cl3F3NO6. The molecule has 1 aromatic rings. The summed E-state index contributed by atoms with van der Waals surface area (Å²) in [5.41, 5.74) is -0.714. The van der Waals surface area contributed by atoms with Crippen LogP contribution in [0.15, 0.2) is 17.3 Å². The molecule has 1 aliphatic heterocycles. The highest BCUT2D eigenvalue weighted by Crippen LogP contribution is 2.47. The third kappa shape index (κ3) is 4.57. The molecule has 0 unspecified atom stereocenters. The zero-order chi connectivity index (χ0) is 21.2. The lowest BCUT2D eigenvalue weighted by molar-refractivity contribution is -0.274. The van der Waals surface area contributed by atoms with Gasteiger partial charge in [-0.25, -0.2) is 9.59 Å². The third-order valence-corrected chi connectivity index (χ3v) is 4.56. The smallest absolute Gasteiger partial charge is 0.466 e. The molecule has 154 valence electrons. The van der Waals surface area contributed by atoms with Gasteiger partial charge in [-0.05, 0) is 0 Å². The summed E-state index contributed by atoms with van der Waals surface area (Å²) in [6.45, 7) is -0.619. The second-order valence-electron chi connectivity index (χ2n) is 5.10. The van der Waals surface area contributed by atoms with Crippen LogP contribution in [0, 0.1) is 0 Å². The fourth-order valence-corrected chi connectivity index (χ4v) is 3.15. The number of methoxy groups -OCH3 is 2. The van der Waals surface area contributed by atoms with Crippen LogP contribution in [0.4, 0.5) is 18.9 Å². The second-order valence-corrected chi connectivity index (χ2v) is 6.26. The zero-order valence-electron chi connectivity index (χ0n) is 14.2. The van der Waals surface area contributed by atoms with Gasteiger partial charge in [-0.1, -0.05) is 34.8 Å². The van der Waals surface area contributed by atoms with Gasteiger partial charge in [0.2, 0.25) is 0 Å². The number of hydrogen-bond donors (Lipinski definition) is 0. The van der Waals surface area contributed by atoms with Gasteiger partial charge in [0.15, 0.2) is 5.75 Å². The number of ether oxygens (including phenoxy) is 4. The predicted octanol–water partition coefficient (Wildman–Crippen LogP) is 3.94. The zero-order valence-corrected chi connectivity index (χ0v) is 16.4. The molecule has 28 heavy (non-hydrogen) atoms. The average Bonchev–Trinajstić information content (AvgIpc) is 2.63. The molecule has 0 spiro atoms. The van der Waals surface area contributed by atoms with E-state index in [1.165, 1.54) is 0 Å². The standard InChI is InChI=1S/C15H11Cl3F3NO6/c1-25-13(23)6-4-27-5-22(11(6)14(24)26-2)12-7(16)3-8(9(17)10(12)18)28-15(19,20)21/h3H,4-5H2,1-2H3. The molecule has 0 radical (unpaired) electrons. The minimum Gasteiger partial charge on any atom is -0.466 e. The van der Waals surface area contributed by atoms with E-state index in [-0.39, 0.29) is 35.3 Å². The Labute approximate surface area is 171 Å². The number of benzene rings is 1. The van der Waals surface area contributed by atoms with Gasteiger partial charge in [-0.3, -0.25) is 0 Å². The maximum absolute atomic E-state index is 12.5. The van der Waals surface area contributed by atoms with Crippen molar-refractivity contribution in [3.8, 4) is 5.75 Å². The molecule has 0 saturated heterocycles. The second kappa shape index (κ2) is 8.64. The van der Waals surface area contributed by atoms with Gasteiger partial charge in [0.1, 0.15) is 17.5 Å². The summed E-state index contributed by atoms with van der Waals surface area (Å²) >= 11 is 18.0. The van der Waals surface area contributed by atoms with Crippen LogP contribution >= 0.6 is 34.8 Å². The lowest BCUT2D eigenvalue weighted by Crippen LogP contribution is -2.39. The Morgan fingerprint density at radius 1 is 1.11 bits per heavy atom. The van der Waals surface area contributed by atoms with Crippen molar-refractivity contribution in [2.24, 2.45) is 0 Å². The van der Waals surface area contributed by atoms with Gasteiger partial charge in [0.25, 0.3) is 0 Å². The molecule has 0 fully saturated rings. The van der Waals surface area contributed by atoms with Gasteiger partial charge >= 0.3 is 18.3 Å². The number of hydrogen-bond acceptors (Lipinski definition) is 7. The van der Waals surface area contributed by atoms with E-state index in [0.717, 1.165) is 25.2 Å². The molecule has 0 saturated carbocycles. The number of esters is 2. The molecule has 1 aliphatic rings. The summed E-state index contributed by atoms with van der Waals surface area (Å²) in [6.07, 6.45) is -5.04. The minimum atomic E-state index is -5.04. The number of halogens is 6. The molecule has 0 atom stereocenters. The molecule has 0 aliphatic carbocycles. The summed E-state index contributed by atoms with van der Waals surface area (Å²) in [5.74, 6) is -2.69. The van der Waals surface area contributed by atoms with Crippen LogP contribution in [-0.2, 0) is 23.8 Å². The molecule has 0 bridgehead atoms. The molecule has 13 heteroatoms. The van der Waals surface area contributed by atoms with Crippen LogP contribution in [0.2, 0.25) is 15.1 Å². The number of carbonyl (C=O) groups excluding carboxylic acids is 2. The Bertz CT molecular complexity index is 843. The van der Waals surface area contributed by atoms with Crippen molar-refractivity contribution in [2.75, 3.05) is 32.5 Å². The third-order valence-electron chi connectivity index (χ3n) is 3.43. The first-order valence-electron chi connectivity index (χ1n) is 7.20. The normalized spacial score (nSPS) is 14.8. The van der Waals surface area contributed by atoms with E-state index in [4.69, 9.17) is 39.5 Å². The average molecular weight is 465 g/mol. The van der Waals surface area contributed by atoms with E-state index < -0.39 is 34.1 Å². The molecule has 0 N–H and O–H groups in total. The summed E-state index contributed by atoms with van der Waals surface area (Å²) in [5, 5.41) is -1.44. The van der Waals surface area contributed by atoms with Gasteiger partial charge in [-0.15, -0.1) is 13.2 Å². The Kier molecular flexibility index (Phi) is 6.92.